The summed E-state index contributed by atoms with van der Waals surface area (Å²) >= 11 is 0. The third kappa shape index (κ3) is 2.05. The SMILES string of the molecule is COc1cccc(C(=O)c2cccc3c2NC(=O)C3)c1. The monoisotopic (exact) mass is 267 g/mol. The predicted octanol–water partition coefficient (Wildman–Crippen LogP) is 2.42. The van der Waals surface area contributed by atoms with Crippen molar-refractivity contribution in [2.24, 2.45) is 0 Å². The number of nitrogens with one attached hydrogen (secondary N) is 1. The highest BCUT2D eigenvalue weighted by Gasteiger charge is 2.24. The predicted molar refractivity (Wildman–Crippen MR) is 75.2 cm³/mol. The summed E-state index contributed by atoms with van der Waals surface area (Å²) in [5, 5.41) is 2.75. The standard InChI is InChI=1S/C16H13NO3/c1-20-12-6-2-5-11(8-12)16(19)13-7-3-4-10-9-14(18)17-15(10)13/h2-8H,9H2,1H3,(H,17,18). The van der Waals surface area contributed by atoms with Gasteiger partial charge in [0.15, 0.2) is 5.78 Å². The Kier molecular flexibility index (Phi) is 2.99. The van der Waals surface area contributed by atoms with Crippen LogP contribution in [0.4, 0.5) is 5.69 Å². The molecule has 2 aromatic carbocycles. The van der Waals surface area contributed by atoms with Crippen LogP contribution >= 0.6 is 0 Å². The number of carbonyl (C=O) groups is 2. The fourth-order valence-corrected chi connectivity index (χ4v) is 2.36. The van der Waals surface area contributed by atoms with E-state index in [1.54, 1.807) is 43.5 Å². The van der Waals surface area contributed by atoms with Crippen molar-refractivity contribution in [1.82, 2.24) is 0 Å². The molecule has 0 bridgehead atoms. The van der Waals surface area contributed by atoms with Gasteiger partial charge >= 0.3 is 0 Å². The van der Waals surface area contributed by atoms with E-state index >= 15 is 0 Å². The number of anilines is 1. The lowest BCUT2D eigenvalue weighted by Gasteiger charge is -2.08. The van der Waals surface area contributed by atoms with Crippen LogP contribution in [0.1, 0.15) is 21.5 Å². The second-order valence-electron chi connectivity index (χ2n) is 4.63. The third-order valence-corrected chi connectivity index (χ3v) is 3.34. The first-order valence-corrected chi connectivity index (χ1v) is 6.29. The number of rotatable bonds is 3. The van der Waals surface area contributed by atoms with Crippen LogP contribution in [-0.2, 0) is 11.2 Å². The zero-order chi connectivity index (χ0) is 14.1. The van der Waals surface area contributed by atoms with Crippen LogP contribution in [0.2, 0.25) is 0 Å². The second kappa shape index (κ2) is 4.81. The number of fused-ring (bicyclic) bond motifs is 1. The van der Waals surface area contributed by atoms with Gasteiger partial charge in [-0.15, -0.1) is 0 Å². The highest BCUT2D eigenvalue weighted by molar-refractivity contribution is 6.16. The van der Waals surface area contributed by atoms with Gasteiger partial charge < -0.3 is 10.1 Å². The maximum absolute atomic E-state index is 12.6. The lowest BCUT2D eigenvalue weighted by atomic mass is 9.99. The average molecular weight is 267 g/mol. The third-order valence-electron chi connectivity index (χ3n) is 3.34. The molecule has 1 amide bonds. The van der Waals surface area contributed by atoms with Crippen LogP contribution in [-0.4, -0.2) is 18.8 Å². The van der Waals surface area contributed by atoms with Gasteiger partial charge in [-0.2, -0.15) is 0 Å². The van der Waals surface area contributed by atoms with Gasteiger partial charge in [0.25, 0.3) is 0 Å². The van der Waals surface area contributed by atoms with E-state index < -0.39 is 0 Å². The van der Waals surface area contributed by atoms with Gasteiger partial charge in [0.1, 0.15) is 5.75 Å². The molecule has 0 unspecified atom stereocenters. The van der Waals surface area contributed by atoms with Crippen LogP contribution in [0.5, 0.6) is 5.75 Å². The number of para-hydroxylation sites is 1. The van der Waals surface area contributed by atoms with Crippen molar-refractivity contribution < 1.29 is 14.3 Å². The number of amides is 1. The lowest BCUT2D eigenvalue weighted by Crippen LogP contribution is -2.08. The minimum atomic E-state index is -0.122. The maximum Gasteiger partial charge on any atom is 0.228 e. The number of methoxy groups -OCH3 is 1. The molecule has 0 aliphatic carbocycles. The average Bonchev–Trinajstić information content (AvgIpc) is 2.86. The van der Waals surface area contributed by atoms with Crippen molar-refractivity contribution in [2.75, 3.05) is 12.4 Å². The molecular weight excluding hydrogens is 254 g/mol. The first-order valence-electron chi connectivity index (χ1n) is 6.29. The number of hydrogen-bond acceptors (Lipinski definition) is 3. The van der Waals surface area contributed by atoms with Crippen LogP contribution in [0.25, 0.3) is 0 Å². The molecule has 1 N–H and O–H groups in total. The Morgan fingerprint density at radius 3 is 2.80 bits per heavy atom. The molecule has 20 heavy (non-hydrogen) atoms. The minimum Gasteiger partial charge on any atom is -0.497 e. The molecular formula is C16H13NO3. The Hall–Kier alpha value is -2.62. The molecule has 0 fully saturated rings. The first-order chi connectivity index (χ1) is 9.69. The smallest absolute Gasteiger partial charge is 0.228 e. The Labute approximate surface area is 116 Å². The van der Waals surface area contributed by atoms with Crippen molar-refractivity contribution in [2.45, 2.75) is 6.42 Å². The van der Waals surface area contributed by atoms with Crippen molar-refractivity contribution in [3.8, 4) is 5.75 Å². The molecule has 0 radical (unpaired) electrons. The van der Waals surface area contributed by atoms with Gasteiger partial charge in [-0.25, -0.2) is 0 Å². The second-order valence-corrected chi connectivity index (χ2v) is 4.63. The van der Waals surface area contributed by atoms with Crippen LogP contribution in [0, 0.1) is 0 Å². The van der Waals surface area contributed by atoms with Gasteiger partial charge in [-0.05, 0) is 23.8 Å². The molecule has 0 spiro atoms. The Balaban J connectivity index is 2.03. The van der Waals surface area contributed by atoms with Gasteiger partial charge in [-0.1, -0.05) is 24.3 Å². The molecule has 100 valence electrons. The summed E-state index contributed by atoms with van der Waals surface area (Å²) in [7, 11) is 1.56. The number of ketones is 1. The zero-order valence-electron chi connectivity index (χ0n) is 11.0. The van der Waals surface area contributed by atoms with E-state index in [2.05, 4.69) is 5.32 Å². The quantitative estimate of drug-likeness (QED) is 0.869. The molecule has 1 aliphatic rings. The van der Waals surface area contributed by atoms with Crippen LogP contribution in [0.3, 0.4) is 0 Å². The minimum absolute atomic E-state index is 0.0779. The Morgan fingerprint density at radius 1 is 1.20 bits per heavy atom. The summed E-state index contributed by atoms with van der Waals surface area (Å²) in [5.41, 5.74) is 2.55. The molecule has 0 aromatic heterocycles. The van der Waals surface area contributed by atoms with Crippen LogP contribution in [0.15, 0.2) is 42.5 Å². The van der Waals surface area contributed by atoms with Crippen LogP contribution < -0.4 is 10.1 Å². The molecule has 0 saturated heterocycles. The summed E-state index contributed by atoms with van der Waals surface area (Å²) in [4.78, 5) is 24.0. The van der Waals surface area contributed by atoms with Gasteiger partial charge in [0.05, 0.1) is 19.2 Å². The fourth-order valence-electron chi connectivity index (χ4n) is 2.36. The molecule has 4 heteroatoms. The summed E-state index contributed by atoms with van der Waals surface area (Å²) in [6.45, 7) is 0. The highest BCUT2D eigenvalue weighted by Crippen LogP contribution is 2.29. The number of hydrogen-bond donors (Lipinski definition) is 1. The normalized spacial score (nSPS) is 12.8. The van der Waals surface area contributed by atoms with E-state index in [1.807, 2.05) is 6.07 Å². The molecule has 0 atom stereocenters. The molecule has 1 heterocycles. The number of carbonyl (C=O) groups excluding carboxylic acids is 2. The lowest BCUT2D eigenvalue weighted by molar-refractivity contribution is -0.115. The van der Waals surface area contributed by atoms with Crippen molar-refractivity contribution in [3.05, 3.63) is 59.2 Å². The molecule has 3 rings (SSSR count). The topological polar surface area (TPSA) is 55.4 Å². The van der Waals surface area contributed by atoms with E-state index in [1.165, 1.54) is 0 Å². The van der Waals surface area contributed by atoms with E-state index in [0.29, 0.717) is 29.0 Å². The maximum atomic E-state index is 12.6. The first kappa shape index (κ1) is 12.4. The number of ether oxygens (including phenoxy) is 1. The summed E-state index contributed by atoms with van der Waals surface area (Å²) < 4.78 is 5.13. The van der Waals surface area contributed by atoms with Gasteiger partial charge in [0, 0.05) is 11.1 Å². The van der Waals surface area contributed by atoms with Gasteiger partial charge in [-0.3, -0.25) is 9.59 Å². The fraction of sp³-hybridized carbons (Fsp3) is 0.125. The van der Waals surface area contributed by atoms with E-state index in [-0.39, 0.29) is 11.7 Å². The van der Waals surface area contributed by atoms with Crippen molar-refractivity contribution in [1.29, 1.82) is 0 Å². The Morgan fingerprint density at radius 2 is 2.00 bits per heavy atom. The van der Waals surface area contributed by atoms with E-state index in [0.717, 1.165) is 5.56 Å². The summed E-state index contributed by atoms with van der Waals surface area (Å²) in [6, 6.07) is 12.4. The molecule has 2 aromatic rings. The summed E-state index contributed by atoms with van der Waals surface area (Å²) in [5.74, 6) is 0.432. The zero-order valence-corrected chi connectivity index (χ0v) is 11.0. The van der Waals surface area contributed by atoms with Gasteiger partial charge in [0.2, 0.25) is 5.91 Å². The largest absolute Gasteiger partial charge is 0.497 e. The van der Waals surface area contributed by atoms with Crippen molar-refractivity contribution >= 4 is 17.4 Å². The summed E-state index contributed by atoms with van der Waals surface area (Å²) in [6.07, 6.45) is 0.328. The molecule has 1 aliphatic heterocycles. The van der Waals surface area contributed by atoms with E-state index in [9.17, 15) is 9.59 Å². The number of benzene rings is 2. The van der Waals surface area contributed by atoms with Crippen molar-refractivity contribution in [3.63, 3.8) is 0 Å². The highest BCUT2D eigenvalue weighted by atomic mass is 16.5. The Bertz CT molecular complexity index is 707. The van der Waals surface area contributed by atoms with E-state index in [4.69, 9.17) is 4.74 Å². The molecule has 0 saturated carbocycles. The molecule has 4 nitrogen and oxygen atoms in total.